The Kier molecular flexibility index (Phi) is 4.73. The lowest BCUT2D eigenvalue weighted by molar-refractivity contribution is -0.478. The molecule has 21 heavy (non-hydrogen) atoms. The highest BCUT2D eigenvalue weighted by atomic mass is 35.5. The third-order valence-electron chi connectivity index (χ3n) is 3.68. The van der Waals surface area contributed by atoms with Gasteiger partial charge >= 0.3 is 0 Å². The standard InChI is InChI=1S/C16H19N3O.ClH/c1-18(2)12-7-8-14-16(11-12)19(9-10-20)15-6-4-3-5-13(15)17-14;/h3-8,11,17,20H,9-10H2,1-2H3;1H. The van der Waals surface area contributed by atoms with Crippen LogP contribution < -0.4 is 27.5 Å². The second kappa shape index (κ2) is 6.35. The number of fused-ring (bicyclic) bond motifs is 2. The SMILES string of the molecule is CN(C)c1ccc2c(c1)N(CCO)c1ccccc1[NH2+]2.[Cl-]. The predicted molar refractivity (Wildman–Crippen MR) is 82.5 cm³/mol. The van der Waals surface area contributed by atoms with Crippen molar-refractivity contribution in [2.24, 2.45) is 0 Å². The van der Waals surface area contributed by atoms with Crippen molar-refractivity contribution in [2.45, 2.75) is 0 Å². The lowest BCUT2D eigenvalue weighted by atomic mass is 10.1. The molecule has 112 valence electrons. The second-order valence-corrected chi connectivity index (χ2v) is 5.22. The van der Waals surface area contributed by atoms with Gasteiger partial charge in [-0.1, -0.05) is 12.1 Å². The zero-order chi connectivity index (χ0) is 14.1. The highest BCUT2D eigenvalue weighted by Crippen LogP contribution is 2.39. The summed E-state index contributed by atoms with van der Waals surface area (Å²) in [5.41, 5.74) is 5.88. The average molecular weight is 306 g/mol. The maximum Gasteiger partial charge on any atom is 0.158 e. The Labute approximate surface area is 131 Å². The maximum absolute atomic E-state index is 9.39. The number of anilines is 3. The highest BCUT2D eigenvalue weighted by Gasteiger charge is 2.26. The molecular formula is C16H20ClN3O. The van der Waals surface area contributed by atoms with E-state index < -0.39 is 0 Å². The number of benzene rings is 2. The summed E-state index contributed by atoms with van der Waals surface area (Å²) in [6, 6.07) is 14.8. The van der Waals surface area contributed by atoms with Gasteiger partial charge in [0.15, 0.2) is 11.4 Å². The number of para-hydroxylation sites is 2. The van der Waals surface area contributed by atoms with Gasteiger partial charge in [-0.2, -0.15) is 0 Å². The first-order valence-electron chi connectivity index (χ1n) is 6.84. The number of nitrogens with zero attached hydrogens (tertiary/aromatic N) is 2. The summed E-state index contributed by atoms with van der Waals surface area (Å²) in [5, 5.41) is 11.6. The van der Waals surface area contributed by atoms with E-state index in [0.717, 1.165) is 11.4 Å². The van der Waals surface area contributed by atoms with E-state index in [2.05, 4.69) is 45.4 Å². The van der Waals surface area contributed by atoms with Crippen LogP contribution in [-0.4, -0.2) is 32.4 Å². The minimum Gasteiger partial charge on any atom is -1.00 e. The van der Waals surface area contributed by atoms with E-state index in [9.17, 15) is 5.11 Å². The van der Waals surface area contributed by atoms with Crippen molar-refractivity contribution in [1.82, 2.24) is 0 Å². The zero-order valence-electron chi connectivity index (χ0n) is 12.3. The number of halogens is 1. The van der Waals surface area contributed by atoms with Gasteiger partial charge in [0.05, 0.1) is 6.61 Å². The molecule has 3 N–H and O–H groups in total. The van der Waals surface area contributed by atoms with Gasteiger partial charge in [-0.05, 0) is 18.2 Å². The summed E-state index contributed by atoms with van der Waals surface area (Å²) in [6.45, 7) is 0.745. The molecule has 0 unspecified atom stereocenters. The molecule has 0 saturated heterocycles. The van der Waals surface area contributed by atoms with Crippen molar-refractivity contribution >= 4 is 28.4 Å². The Hall–Kier alpha value is -1.75. The van der Waals surface area contributed by atoms with Gasteiger partial charge in [0.25, 0.3) is 0 Å². The van der Waals surface area contributed by atoms with Crippen LogP contribution in [0.4, 0.5) is 28.4 Å². The highest BCUT2D eigenvalue weighted by molar-refractivity contribution is 5.83. The smallest absolute Gasteiger partial charge is 0.158 e. The van der Waals surface area contributed by atoms with Gasteiger partial charge < -0.3 is 27.3 Å². The van der Waals surface area contributed by atoms with Gasteiger partial charge in [-0.15, -0.1) is 0 Å². The molecule has 1 aliphatic rings. The minimum absolute atomic E-state index is 0. The van der Waals surface area contributed by atoms with Crippen LogP contribution in [0.5, 0.6) is 0 Å². The third-order valence-corrected chi connectivity index (χ3v) is 3.68. The summed E-state index contributed by atoms with van der Waals surface area (Å²) in [5.74, 6) is 0. The third kappa shape index (κ3) is 2.83. The number of nitrogens with two attached hydrogens (primary N) is 1. The fourth-order valence-electron chi connectivity index (χ4n) is 2.66. The van der Waals surface area contributed by atoms with Gasteiger partial charge in [0, 0.05) is 38.5 Å². The van der Waals surface area contributed by atoms with Crippen molar-refractivity contribution in [3.8, 4) is 0 Å². The van der Waals surface area contributed by atoms with Crippen LogP contribution in [0.25, 0.3) is 0 Å². The largest absolute Gasteiger partial charge is 1.00 e. The number of quaternary nitrogens is 1. The molecule has 0 aromatic heterocycles. The summed E-state index contributed by atoms with van der Waals surface area (Å²) >= 11 is 0. The average Bonchev–Trinajstić information content (AvgIpc) is 2.46. The summed E-state index contributed by atoms with van der Waals surface area (Å²) in [7, 11) is 4.08. The van der Waals surface area contributed by atoms with Gasteiger partial charge in [0.1, 0.15) is 11.4 Å². The van der Waals surface area contributed by atoms with E-state index in [1.807, 2.05) is 26.2 Å². The number of hydrogen-bond donors (Lipinski definition) is 2. The van der Waals surface area contributed by atoms with Crippen molar-refractivity contribution in [1.29, 1.82) is 0 Å². The molecule has 1 heterocycles. The lowest BCUT2D eigenvalue weighted by Crippen LogP contribution is -3.00. The molecule has 0 spiro atoms. The molecule has 0 aliphatic carbocycles. The summed E-state index contributed by atoms with van der Waals surface area (Å²) in [4.78, 5) is 4.29. The van der Waals surface area contributed by atoms with E-state index in [0.29, 0.717) is 6.54 Å². The molecule has 0 bridgehead atoms. The van der Waals surface area contributed by atoms with Crippen LogP contribution in [0, 0.1) is 0 Å². The molecule has 4 nitrogen and oxygen atoms in total. The van der Waals surface area contributed by atoms with Crippen molar-refractivity contribution in [2.75, 3.05) is 37.0 Å². The molecule has 2 aromatic rings. The first-order chi connectivity index (χ1) is 9.70. The lowest BCUT2D eigenvalue weighted by Gasteiger charge is -2.31. The van der Waals surface area contributed by atoms with E-state index in [4.69, 9.17) is 0 Å². The Morgan fingerprint density at radius 2 is 1.76 bits per heavy atom. The molecule has 2 aromatic carbocycles. The van der Waals surface area contributed by atoms with Crippen molar-refractivity contribution in [3.63, 3.8) is 0 Å². The molecule has 0 saturated carbocycles. The van der Waals surface area contributed by atoms with Crippen LogP contribution in [0.2, 0.25) is 0 Å². The number of aliphatic hydroxyl groups is 1. The fourth-order valence-corrected chi connectivity index (χ4v) is 2.66. The Bertz CT molecular complexity index is 631. The quantitative estimate of drug-likeness (QED) is 0.695. The molecular weight excluding hydrogens is 286 g/mol. The Balaban J connectivity index is 0.00000161. The van der Waals surface area contributed by atoms with Crippen LogP contribution in [0.1, 0.15) is 0 Å². The molecule has 1 aliphatic heterocycles. The first-order valence-corrected chi connectivity index (χ1v) is 6.84. The Morgan fingerprint density at radius 1 is 1.05 bits per heavy atom. The van der Waals surface area contributed by atoms with Crippen LogP contribution in [-0.2, 0) is 0 Å². The molecule has 0 amide bonds. The van der Waals surface area contributed by atoms with Crippen LogP contribution in [0.3, 0.4) is 0 Å². The van der Waals surface area contributed by atoms with Gasteiger partial charge in [0.2, 0.25) is 0 Å². The predicted octanol–water partition coefficient (Wildman–Crippen LogP) is -1.27. The van der Waals surface area contributed by atoms with Crippen LogP contribution >= 0.6 is 0 Å². The molecule has 0 atom stereocenters. The van der Waals surface area contributed by atoms with Gasteiger partial charge in [-0.3, -0.25) is 5.32 Å². The van der Waals surface area contributed by atoms with E-state index in [1.54, 1.807) is 0 Å². The fraction of sp³-hybridized carbons (Fsp3) is 0.250. The Morgan fingerprint density at radius 3 is 2.48 bits per heavy atom. The minimum atomic E-state index is 0. The number of β-amino-alcohol motifs (C(OH)–C–C–N with tert-alkyl or cyclic N) is 1. The normalized spacial score (nSPS) is 12.2. The van der Waals surface area contributed by atoms with E-state index in [-0.39, 0.29) is 19.0 Å². The molecule has 3 rings (SSSR count). The molecule has 0 fully saturated rings. The number of rotatable bonds is 3. The molecule has 5 heteroatoms. The van der Waals surface area contributed by atoms with Crippen LogP contribution in [0.15, 0.2) is 42.5 Å². The zero-order valence-corrected chi connectivity index (χ0v) is 13.0. The summed E-state index contributed by atoms with van der Waals surface area (Å²) < 4.78 is 0. The van der Waals surface area contributed by atoms with Crippen molar-refractivity contribution in [3.05, 3.63) is 42.5 Å². The second-order valence-electron chi connectivity index (χ2n) is 5.22. The number of hydrogen-bond acceptors (Lipinski definition) is 3. The van der Waals surface area contributed by atoms with Gasteiger partial charge in [-0.25, -0.2) is 0 Å². The van der Waals surface area contributed by atoms with E-state index >= 15 is 0 Å². The molecule has 0 radical (unpaired) electrons. The van der Waals surface area contributed by atoms with Crippen molar-refractivity contribution < 1.29 is 22.8 Å². The topological polar surface area (TPSA) is 43.3 Å². The van der Waals surface area contributed by atoms with E-state index in [1.165, 1.54) is 17.1 Å². The summed E-state index contributed by atoms with van der Waals surface area (Å²) in [6.07, 6.45) is 0. The number of aliphatic hydroxyl groups excluding tert-OH is 1. The maximum atomic E-state index is 9.39. The first kappa shape index (κ1) is 15.6. The monoisotopic (exact) mass is 305 g/mol.